The normalized spacial score (nSPS) is 18.7. The molecule has 1 atom stereocenters. The van der Waals surface area contributed by atoms with E-state index in [1.54, 1.807) is 25.1 Å². The van der Waals surface area contributed by atoms with Crippen molar-refractivity contribution in [1.29, 1.82) is 0 Å². The average molecular weight is 410 g/mol. The Labute approximate surface area is 171 Å². The van der Waals surface area contributed by atoms with Crippen LogP contribution in [-0.2, 0) is 16.9 Å². The minimum absolute atomic E-state index is 0.109. The summed E-state index contributed by atoms with van der Waals surface area (Å²) in [4.78, 5) is 39.1. The van der Waals surface area contributed by atoms with Crippen molar-refractivity contribution in [2.24, 2.45) is 0 Å². The van der Waals surface area contributed by atoms with Crippen LogP contribution in [0.1, 0.15) is 24.5 Å². The molecule has 1 fully saturated rings. The molecule has 0 aliphatic carbocycles. The Balaban J connectivity index is 1.74. The number of methoxy groups -OCH3 is 1. The molecule has 0 unspecified atom stereocenters. The SMILES string of the molecule is CC[C@]1(c2ccc(F)cc2)NC(=O)N(Cc2cc(=O)oc3cc(OC)ccc23)C1=O. The molecule has 30 heavy (non-hydrogen) atoms. The largest absolute Gasteiger partial charge is 0.497 e. The summed E-state index contributed by atoms with van der Waals surface area (Å²) >= 11 is 0. The molecule has 1 N–H and O–H groups in total. The first-order valence-electron chi connectivity index (χ1n) is 9.39. The predicted octanol–water partition coefficient (Wildman–Crippen LogP) is 3.30. The Morgan fingerprint density at radius 3 is 2.50 bits per heavy atom. The van der Waals surface area contributed by atoms with Gasteiger partial charge < -0.3 is 14.5 Å². The van der Waals surface area contributed by atoms with Gasteiger partial charge in [-0.05, 0) is 41.8 Å². The van der Waals surface area contributed by atoms with E-state index in [2.05, 4.69) is 5.32 Å². The van der Waals surface area contributed by atoms with Crippen LogP contribution in [0.4, 0.5) is 9.18 Å². The first-order chi connectivity index (χ1) is 14.4. The predicted molar refractivity (Wildman–Crippen MR) is 106 cm³/mol. The molecule has 154 valence electrons. The van der Waals surface area contributed by atoms with E-state index >= 15 is 0 Å². The number of carbonyl (C=O) groups is 2. The fourth-order valence-electron chi connectivity index (χ4n) is 3.78. The summed E-state index contributed by atoms with van der Waals surface area (Å²) < 4.78 is 23.7. The monoisotopic (exact) mass is 410 g/mol. The van der Waals surface area contributed by atoms with Crippen molar-refractivity contribution >= 4 is 22.9 Å². The van der Waals surface area contributed by atoms with Gasteiger partial charge in [0.05, 0.1) is 13.7 Å². The number of rotatable bonds is 5. The number of carbonyl (C=O) groups excluding carboxylic acids is 2. The van der Waals surface area contributed by atoms with E-state index in [1.165, 1.54) is 37.4 Å². The van der Waals surface area contributed by atoms with Gasteiger partial charge in [-0.15, -0.1) is 0 Å². The van der Waals surface area contributed by atoms with E-state index < -0.39 is 28.9 Å². The number of hydrogen-bond acceptors (Lipinski definition) is 5. The minimum Gasteiger partial charge on any atom is -0.497 e. The summed E-state index contributed by atoms with van der Waals surface area (Å²) in [6, 6.07) is 11.1. The van der Waals surface area contributed by atoms with E-state index in [1.807, 2.05) is 0 Å². The Morgan fingerprint density at radius 1 is 1.10 bits per heavy atom. The third kappa shape index (κ3) is 3.10. The molecule has 0 spiro atoms. The maximum atomic E-state index is 13.4. The number of imide groups is 1. The standard InChI is InChI=1S/C22H19FN2O5/c1-3-22(14-4-6-15(23)7-5-14)20(27)25(21(28)24-22)12-13-10-19(26)30-18-11-16(29-2)8-9-17(13)18/h4-11H,3,12H2,1-2H3,(H,24,28)/t22-/m1/s1. The molecular weight excluding hydrogens is 391 g/mol. The van der Waals surface area contributed by atoms with E-state index in [9.17, 15) is 18.8 Å². The van der Waals surface area contributed by atoms with Crippen LogP contribution in [-0.4, -0.2) is 23.9 Å². The molecule has 0 bridgehead atoms. The Hall–Kier alpha value is -3.68. The van der Waals surface area contributed by atoms with Gasteiger partial charge in [-0.2, -0.15) is 0 Å². The van der Waals surface area contributed by atoms with Crippen LogP contribution in [0.25, 0.3) is 11.0 Å². The average Bonchev–Trinajstić information content (AvgIpc) is 2.98. The van der Waals surface area contributed by atoms with Crippen molar-refractivity contribution in [1.82, 2.24) is 10.2 Å². The van der Waals surface area contributed by atoms with E-state index in [0.717, 1.165) is 4.90 Å². The highest BCUT2D eigenvalue weighted by Gasteiger charge is 2.51. The number of urea groups is 1. The zero-order valence-electron chi connectivity index (χ0n) is 16.4. The fourth-order valence-corrected chi connectivity index (χ4v) is 3.78. The number of amides is 3. The van der Waals surface area contributed by atoms with Gasteiger partial charge in [0.25, 0.3) is 5.91 Å². The summed E-state index contributed by atoms with van der Waals surface area (Å²) in [6.45, 7) is 1.66. The second-order valence-corrected chi connectivity index (χ2v) is 7.04. The highest BCUT2D eigenvalue weighted by molar-refractivity contribution is 6.07. The minimum atomic E-state index is -1.29. The van der Waals surface area contributed by atoms with Crippen molar-refractivity contribution in [2.75, 3.05) is 7.11 Å². The van der Waals surface area contributed by atoms with Gasteiger partial charge in [-0.1, -0.05) is 19.1 Å². The molecule has 1 aromatic heterocycles. The van der Waals surface area contributed by atoms with Gasteiger partial charge in [-0.3, -0.25) is 9.69 Å². The van der Waals surface area contributed by atoms with Crippen molar-refractivity contribution in [3.8, 4) is 5.75 Å². The van der Waals surface area contributed by atoms with Crippen molar-refractivity contribution in [3.05, 3.63) is 75.9 Å². The van der Waals surface area contributed by atoms with E-state index in [0.29, 0.717) is 27.8 Å². The molecule has 2 heterocycles. The molecular formula is C22H19FN2O5. The summed E-state index contributed by atoms with van der Waals surface area (Å²) in [6.07, 6.45) is 0.286. The molecule has 8 heteroatoms. The van der Waals surface area contributed by atoms with E-state index in [-0.39, 0.29) is 13.0 Å². The zero-order valence-corrected chi connectivity index (χ0v) is 16.4. The second-order valence-electron chi connectivity index (χ2n) is 7.04. The van der Waals surface area contributed by atoms with Crippen LogP contribution in [0.5, 0.6) is 5.75 Å². The molecule has 3 aromatic rings. The lowest BCUT2D eigenvalue weighted by molar-refractivity contribution is -0.132. The lowest BCUT2D eigenvalue weighted by atomic mass is 9.87. The zero-order chi connectivity index (χ0) is 21.5. The summed E-state index contributed by atoms with van der Waals surface area (Å²) in [5.74, 6) is -0.382. The number of ether oxygens (including phenoxy) is 1. The van der Waals surface area contributed by atoms with Crippen LogP contribution in [0, 0.1) is 5.82 Å². The smallest absolute Gasteiger partial charge is 0.336 e. The maximum absolute atomic E-state index is 13.4. The Bertz CT molecular complexity index is 1200. The molecule has 1 aliphatic rings. The van der Waals surface area contributed by atoms with E-state index in [4.69, 9.17) is 9.15 Å². The Morgan fingerprint density at radius 2 is 1.83 bits per heavy atom. The van der Waals surface area contributed by atoms with Crippen LogP contribution in [0.2, 0.25) is 0 Å². The van der Waals surface area contributed by atoms with Gasteiger partial charge in [0.15, 0.2) is 0 Å². The lowest BCUT2D eigenvalue weighted by Crippen LogP contribution is -2.43. The fraction of sp³-hybridized carbons (Fsp3) is 0.227. The van der Waals surface area contributed by atoms with Crippen LogP contribution in [0.15, 0.2) is 57.7 Å². The molecule has 0 saturated carbocycles. The molecule has 1 saturated heterocycles. The molecule has 3 amide bonds. The molecule has 0 radical (unpaired) electrons. The van der Waals surface area contributed by atoms with Crippen molar-refractivity contribution in [3.63, 3.8) is 0 Å². The number of hydrogen-bond donors (Lipinski definition) is 1. The maximum Gasteiger partial charge on any atom is 0.336 e. The van der Waals surface area contributed by atoms with Gasteiger partial charge in [0.1, 0.15) is 22.7 Å². The number of nitrogens with one attached hydrogen (secondary N) is 1. The number of fused-ring (bicyclic) bond motifs is 1. The van der Waals surface area contributed by atoms with Gasteiger partial charge >= 0.3 is 11.7 Å². The highest BCUT2D eigenvalue weighted by Crippen LogP contribution is 2.34. The molecule has 2 aromatic carbocycles. The lowest BCUT2D eigenvalue weighted by Gasteiger charge is -2.25. The van der Waals surface area contributed by atoms with Gasteiger partial charge in [0, 0.05) is 17.5 Å². The van der Waals surface area contributed by atoms with Crippen LogP contribution in [0.3, 0.4) is 0 Å². The first-order valence-corrected chi connectivity index (χ1v) is 9.39. The van der Waals surface area contributed by atoms with Crippen LogP contribution >= 0.6 is 0 Å². The number of halogens is 1. The number of nitrogens with zero attached hydrogens (tertiary/aromatic N) is 1. The van der Waals surface area contributed by atoms with Crippen molar-refractivity contribution < 1.29 is 23.1 Å². The van der Waals surface area contributed by atoms with Gasteiger partial charge in [-0.25, -0.2) is 14.0 Å². The third-order valence-electron chi connectivity index (χ3n) is 5.41. The summed E-state index contributed by atoms with van der Waals surface area (Å²) in [7, 11) is 1.50. The Kier molecular flexibility index (Phi) is 4.77. The topological polar surface area (TPSA) is 88.8 Å². The first kappa shape index (κ1) is 19.6. The molecule has 4 rings (SSSR count). The second kappa shape index (κ2) is 7.29. The molecule has 7 nitrogen and oxygen atoms in total. The molecule has 1 aliphatic heterocycles. The van der Waals surface area contributed by atoms with Crippen LogP contribution < -0.4 is 15.7 Å². The third-order valence-corrected chi connectivity index (χ3v) is 5.41. The quantitative estimate of drug-likeness (QED) is 0.515. The summed E-state index contributed by atoms with van der Waals surface area (Å²) in [5, 5.41) is 3.34. The highest BCUT2D eigenvalue weighted by atomic mass is 19.1. The number of benzene rings is 2. The van der Waals surface area contributed by atoms with Gasteiger partial charge in [0.2, 0.25) is 0 Å². The summed E-state index contributed by atoms with van der Waals surface area (Å²) in [5.41, 5.74) is -0.626. The van der Waals surface area contributed by atoms with Crippen molar-refractivity contribution in [2.45, 2.75) is 25.4 Å².